The van der Waals surface area contributed by atoms with Gasteiger partial charge in [0.15, 0.2) is 11.5 Å². The van der Waals surface area contributed by atoms with Crippen molar-refractivity contribution in [3.05, 3.63) is 22.2 Å². The van der Waals surface area contributed by atoms with E-state index in [4.69, 9.17) is 9.47 Å². The molecule has 1 amide bonds. The molecule has 0 spiro atoms. The van der Waals surface area contributed by atoms with Crippen LogP contribution in [0.2, 0.25) is 0 Å². The molecular weight excluding hydrogens is 348 g/mol. The second-order valence-electron chi connectivity index (χ2n) is 5.58. The Morgan fingerprint density at radius 2 is 2.05 bits per heavy atom. The van der Waals surface area contributed by atoms with Crippen LogP contribution in [0.1, 0.15) is 25.8 Å². The molecule has 0 bridgehead atoms. The lowest BCUT2D eigenvalue weighted by atomic mass is 10.2. The fourth-order valence-corrected chi connectivity index (χ4v) is 2.70. The van der Waals surface area contributed by atoms with Gasteiger partial charge in [-0.25, -0.2) is 0 Å². The van der Waals surface area contributed by atoms with Crippen LogP contribution in [0.5, 0.6) is 11.5 Å². The minimum atomic E-state index is 0.0256. The number of rotatable bonds is 6. The minimum Gasteiger partial charge on any atom is -0.490 e. The first-order chi connectivity index (χ1) is 10.6. The van der Waals surface area contributed by atoms with Crippen molar-refractivity contribution < 1.29 is 14.3 Å². The van der Waals surface area contributed by atoms with Crippen LogP contribution in [0.15, 0.2) is 16.6 Å². The first-order valence-electron chi connectivity index (χ1n) is 7.64. The van der Waals surface area contributed by atoms with E-state index >= 15 is 0 Å². The van der Waals surface area contributed by atoms with E-state index in [1.807, 2.05) is 26.0 Å². The number of fused-ring (bicyclic) bond motifs is 1. The number of hydrogen-bond acceptors (Lipinski definition) is 4. The Morgan fingerprint density at radius 1 is 1.27 bits per heavy atom. The molecule has 0 fully saturated rings. The highest BCUT2D eigenvalue weighted by Gasteiger charge is 2.15. The summed E-state index contributed by atoms with van der Waals surface area (Å²) < 4.78 is 12.3. The van der Waals surface area contributed by atoms with Gasteiger partial charge < -0.3 is 20.1 Å². The van der Waals surface area contributed by atoms with E-state index in [-0.39, 0.29) is 11.8 Å². The van der Waals surface area contributed by atoms with Gasteiger partial charge in [-0.05, 0) is 33.6 Å². The zero-order chi connectivity index (χ0) is 15.9. The second kappa shape index (κ2) is 8.39. The molecule has 2 rings (SSSR count). The highest BCUT2D eigenvalue weighted by molar-refractivity contribution is 9.10. The van der Waals surface area contributed by atoms with Crippen molar-refractivity contribution in [2.75, 3.05) is 26.3 Å². The van der Waals surface area contributed by atoms with Crippen LogP contribution in [0, 0.1) is 5.92 Å². The third-order valence-corrected chi connectivity index (χ3v) is 3.91. The summed E-state index contributed by atoms with van der Waals surface area (Å²) in [6, 6.07) is 4.04. The Labute approximate surface area is 139 Å². The maximum Gasteiger partial charge on any atom is 0.222 e. The molecule has 22 heavy (non-hydrogen) atoms. The molecule has 1 aromatic rings. The predicted molar refractivity (Wildman–Crippen MR) is 89.3 cm³/mol. The normalized spacial score (nSPS) is 13.8. The fraction of sp³-hybridized carbons (Fsp3) is 0.562. The van der Waals surface area contributed by atoms with E-state index in [0.717, 1.165) is 34.5 Å². The number of benzene rings is 1. The Morgan fingerprint density at radius 3 is 2.82 bits per heavy atom. The van der Waals surface area contributed by atoms with Crippen LogP contribution in [-0.4, -0.2) is 32.2 Å². The molecule has 1 heterocycles. The zero-order valence-corrected chi connectivity index (χ0v) is 14.7. The zero-order valence-electron chi connectivity index (χ0n) is 13.1. The van der Waals surface area contributed by atoms with E-state index in [2.05, 4.69) is 26.6 Å². The fourth-order valence-electron chi connectivity index (χ4n) is 2.10. The summed E-state index contributed by atoms with van der Waals surface area (Å²) in [6.07, 6.45) is 0.893. The van der Waals surface area contributed by atoms with E-state index < -0.39 is 0 Å². The van der Waals surface area contributed by atoms with Gasteiger partial charge in [-0.1, -0.05) is 13.8 Å². The predicted octanol–water partition coefficient (Wildman–Crippen LogP) is 2.47. The number of carbonyl (C=O) groups is 1. The van der Waals surface area contributed by atoms with Crippen molar-refractivity contribution in [3.63, 3.8) is 0 Å². The standard InChI is InChI=1S/C16H23BrN2O3/c1-11(2)16(20)19-5-4-18-10-12-8-13(17)15-14(9-12)21-6-3-7-22-15/h8-9,11,18H,3-7,10H2,1-2H3,(H,19,20). The molecule has 0 aromatic heterocycles. The van der Waals surface area contributed by atoms with Crippen LogP contribution >= 0.6 is 15.9 Å². The first-order valence-corrected chi connectivity index (χ1v) is 8.43. The molecular formula is C16H23BrN2O3. The number of ether oxygens (including phenoxy) is 2. The van der Waals surface area contributed by atoms with E-state index in [1.54, 1.807) is 0 Å². The Hall–Kier alpha value is -1.27. The van der Waals surface area contributed by atoms with Crippen molar-refractivity contribution in [1.29, 1.82) is 0 Å². The average molecular weight is 371 g/mol. The molecule has 1 aliphatic rings. The van der Waals surface area contributed by atoms with Crippen molar-refractivity contribution in [1.82, 2.24) is 10.6 Å². The highest BCUT2D eigenvalue weighted by Crippen LogP contribution is 2.38. The summed E-state index contributed by atoms with van der Waals surface area (Å²) in [5.41, 5.74) is 1.12. The summed E-state index contributed by atoms with van der Waals surface area (Å²) in [5.74, 6) is 1.68. The molecule has 0 aliphatic carbocycles. The first kappa shape index (κ1) is 17.1. The van der Waals surface area contributed by atoms with Crippen molar-refractivity contribution in [2.24, 2.45) is 5.92 Å². The summed E-state index contributed by atoms with van der Waals surface area (Å²) in [4.78, 5) is 11.4. The van der Waals surface area contributed by atoms with Gasteiger partial charge in [-0.2, -0.15) is 0 Å². The molecule has 0 radical (unpaired) electrons. The number of amides is 1. The average Bonchev–Trinajstić information content (AvgIpc) is 2.72. The Bertz CT molecular complexity index is 520. The molecule has 6 heteroatoms. The third-order valence-electron chi connectivity index (χ3n) is 3.32. The lowest BCUT2D eigenvalue weighted by Crippen LogP contribution is -2.34. The van der Waals surface area contributed by atoms with Gasteiger partial charge in [0.25, 0.3) is 0 Å². The molecule has 2 N–H and O–H groups in total. The van der Waals surface area contributed by atoms with Gasteiger partial charge in [0.05, 0.1) is 17.7 Å². The van der Waals surface area contributed by atoms with Gasteiger partial charge in [-0.15, -0.1) is 0 Å². The quantitative estimate of drug-likeness (QED) is 0.755. The van der Waals surface area contributed by atoms with E-state index in [0.29, 0.717) is 26.3 Å². The van der Waals surface area contributed by atoms with Gasteiger partial charge in [-0.3, -0.25) is 4.79 Å². The van der Waals surface area contributed by atoms with Crippen LogP contribution < -0.4 is 20.1 Å². The van der Waals surface area contributed by atoms with Crippen LogP contribution in [-0.2, 0) is 11.3 Å². The molecule has 0 unspecified atom stereocenters. The molecule has 1 aromatic carbocycles. The smallest absolute Gasteiger partial charge is 0.222 e. The summed E-state index contributed by atoms with van der Waals surface area (Å²) >= 11 is 3.54. The largest absolute Gasteiger partial charge is 0.490 e. The summed E-state index contributed by atoms with van der Waals surface area (Å²) in [6.45, 7) is 7.20. The van der Waals surface area contributed by atoms with Crippen molar-refractivity contribution in [2.45, 2.75) is 26.8 Å². The molecule has 5 nitrogen and oxygen atoms in total. The number of hydrogen-bond donors (Lipinski definition) is 2. The molecule has 122 valence electrons. The maximum atomic E-state index is 11.4. The van der Waals surface area contributed by atoms with Crippen molar-refractivity contribution >= 4 is 21.8 Å². The van der Waals surface area contributed by atoms with Crippen LogP contribution in [0.3, 0.4) is 0 Å². The summed E-state index contributed by atoms with van der Waals surface area (Å²) in [7, 11) is 0. The molecule has 0 saturated carbocycles. The topological polar surface area (TPSA) is 59.6 Å². The van der Waals surface area contributed by atoms with Gasteiger partial charge in [0.1, 0.15) is 0 Å². The van der Waals surface area contributed by atoms with Crippen LogP contribution in [0.4, 0.5) is 0 Å². The maximum absolute atomic E-state index is 11.4. The Balaban J connectivity index is 1.82. The highest BCUT2D eigenvalue weighted by atomic mass is 79.9. The van der Waals surface area contributed by atoms with E-state index in [1.165, 1.54) is 0 Å². The van der Waals surface area contributed by atoms with Gasteiger partial charge in [0.2, 0.25) is 5.91 Å². The third kappa shape index (κ3) is 4.88. The number of carbonyl (C=O) groups excluding carboxylic acids is 1. The monoisotopic (exact) mass is 370 g/mol. The molecule has 0 atom stereocenters. The van der Waals surface area contributed by atoms with Gasteiger partial charge >= 0.3 is 0 Å². The van der Waals surface area contributed by atoms with Gasteiger partial charge in [0, 0.05) is 32.0 Å². The summed E-state index contributed by atoms with van der Waals surface area (Å²) in [5, 5.41) is 6.20. The second-order valence-corrected chi connectivity index (χ2v) is 6.43. The molecule has 1 aliphatic heterocycles. The number of nitrogens with one attached hydrogen (secondary N) is 2. The minimum absolute atomic E-state index is 0.0256. The number of halogens is 1. The lowest BCUT2D eigenvalue weighted by molar-refractivity contribution is -0.123. The van der Waals surface area contributed by atoms with Crippen LogP contribution in [0.25, 0.3) is 0 Å². The lowest BCUT2D eigenvalue weighted by Gasteiger charge is -2.13. The Kier molecular flexibility index (Phi) is 6.51. The molecule has 0 saturated heterocycles. The van der Waals surface area contributed by atoms with E-state index in [9.17, 15) is 4.79 Å². The van der Waals surface area contributed by atoms with Crippen molar-refractivity contribution in [3.8, 4) is 11.5 Å². The SMILES string of the molecule is CC(C)C(=O)NCCNCc1cc(Br)c2c(c1)OCCCO2.